The van der Waals surface area contributed by atoms with E-state index < -0.39 is 0 Å². The van der Waals surface area contributed by atoms with Gasteiger partial charge in [-0.25, -0.2) is 15.0 Å². The van der Waals surface area contributed by atoms with Crippen LogP contribution in [-0.2, 0) is 4.74 Å². The highest BCUT2D eigenvalue weighted by atomic mass is 16.5. The molecule has 5 heteroatoms. The molecule has 3 rings (SSSR count). The minimum absolute atomic E-state index is 0.106. The molecule has 0 aromatic carbocycles. The van der Waals surface area contributed by atoms with Gasteiger partial charge >= 0.3 is 0 Å². The standard InChI is InChI=1S/C9H10N4O/c1-2-8(14-3-1)13-6-12-7-4-10-5-11-9(7)13/h4-6,8H,1-3H2. The molecule has 0 bridgehead atoms. The molecule has 0 saturated carbocycles. The predicted molar refractivity (Wildman–Crippen MR) is 49.5 cm³/mol. The molecular formula is C9H10N4O. The van der Waals surface area contributed by atoms with E-state index in [9.17, 15) is 0 Å². The molecule has 0 radical (unpaired) electrons. The lowest BCUT2D eigenvalue weighted by Crippen LogP contribution is -2.06. The predicted octanol–water partition coefficient (Wildman–Crippen LogP) is 1.14. The van der Waals surface area contributed by atoms with Crippen LogP contribution < -0.4 is 0 Å². The molecule has 2 aromatic heterocycles. The van der Waals surface area contributed by atoms with Crippen molar-refractivity contribution in [2.24, 2.45) is 0 Å². The lowest BCUT2D eigenvalue weighted by atomic mass is 10.3. The van der Waals surface area contributed by atoms with Gasteiger partial charge in [-0.3, -0.25) is 4.57 Å². The smallest absolute Gasteiger partial charge is 0.165 e. The van der Waals surface area contributed by atoms with Crippen LogP contribution in [0.4, 0.5) is 0 Å². The normalized spacial score (nSPS) is 21.9. The van der Waals surface area contributed by atoms with Crippen LogP contribution in [0.1, 0.15) is 19.1 Å². The molecule has 14 heavy (non-hydrogen) atoms. The summed E-state index contributed by atoms with van der Waals surface area (Å²) in [5, 5.41) is 0. The van der Waals surface area contributed by atoms with Crippen molar-refractivity contribution in [1.82, 2.24) is 19.5 Å². The minimum atomic E-state index is 0.106. The van der Waals surface area contributed by atoms with Crippen molar-refractivity contribution in [2.45, 2.75) is 19.1 Å². The second kappa shape index (κ2) is 3.02. The topological polar surface area (TPSA) is 52.8 Å². The van der Waals surface area contributed by atoms with Crippen molar-refractivity contribution in [2.75, 3.05) is 6.61 Å². The molecule has 1 saturated heterocycles. The largest absolute Gasteiger partial charge is 0.358 e. The van der Waals surface area contributed by atoms with Gasteiger partial charge in [-0.1, -0.05) is 0 Å². The molecule has 5 nitrogen and oxygen atoms in total. The Balaban J connectivity index is 2.11. The quantitative estimate of drug-likeness (QED) is 0.676. The number of hydrogen-bond acceptors (Lipinski definition) is 4. The van der Waals surface area contributed by atoms with Crippen molar-refractivity contribution in [1.29, 1.82) is 0 Å². The van der Waals surface area contributed by atoms with Crippen LogP contribution in [0.25, 0.3) is 11.2 Å². The summed E-state index contributed by atoms with van der Waals surface area (Å²) in [6.07, 6.45) is 7.28. The van der Waals surface area contributed by atoms with Crippen LogP contribution in [0.3, 0.4) is 0 Å². The Bertz CT molecular complexity index is 447. The molecule has 0 spiro atoms. The average Bonchev–Trinajstić information content (AvgIpc) is 2.85. The van der Waals surface area contributed by atoms with Gasteiger partial charge in [-0.05, 0) is 12.8 Å². The van der Waals surface area contributed by atoms with Gasteiger partial charge in [0.1, 0.15) is 18.1 Å². The van der Waals surface area contributed by atoms with Crippen molar-refractivity contribution in [3.63, 3.8) is 0 Å². The van der Waals surface area contributed by atoms with Crippen LogP contribution in [0.15, 0.2) is 18.9 Å². The Morgan fingerprint density at radius 2 is 2.43 bits per heavy atom. The molecule has 0 N–H and O–H groups in total. The first kappa shape index (κ1) is 7.87. The number of nitrogens with zero attached hydrogens (tertiary/aromatic N) is 4. The summed E-state index contributed by atoms with van der Waals surface area (Å²) >= 11 is 0. The summed E-state index contributed by atoms with van der Waals surface area (Å²) in [5.41, 5.74) is 1.68. The maximum absolute atomic E-state index is 5.57. The highest BCUT2D eigenvalue weighted by Gasteiger charge is 2.19. The third kappa shape index (κ3) is 1.09. The molecule has 1 aliphatic heterocycles. The van der Waals surface area contributed by atoms with Crippen LogP contribution in [0.2, 0.25) is 0 Å². The molecular weight excluding hydrogens is 180 g/mol. The maximum atomic E-state index is 5.57. The van der Waals surface area contributed by atoms with Crippen LogP contribution in [-0.4, -0.2) is 26.1 Å². The number of rotatable bonds is 1. The molecule has 72 valence electrons. The fourth-order valence-corrected chi connectivity index (χ4v) is 1.78. The van der Waals surface area contributed by atoms with Crippen molar-refractivity contribution < 1.29 is 4.74 Å². The third-order valence-corrected chi connectivity index (χ3v) is 2.45. The van der Waals surface area contributed by atoms with Gasteiger partial charge in [0.05, 0.1) is 12.5 Å². The van der Waals surface area contributed by atoms with Gasteiger partial charge in [0.15, 0.2) is 5.65 Å². The van der Waals surface area contributed by atoms with E-state index in [1.807, 2.05) is 4.57 Å². The van der Waals surface area contributed by atoms with Crippen LogP contribution in [0.5, 0.6) is 0 Å². The van der Waals surface area contributed by atoms with E-state index in [0.717, 1.165) is 30.6 Å². The zero-order valence-corrected chi connectivity index (χ0v) is 7.63. The zero-order valence-electron chi connectivity index (χ0n) is 7.63. The van der Waals surface area contributed by atoms with Gasteiger partial charge in [-0.15, -0.1) is 0 Å². The summed E-state index contributed by atoms with van der Waals surface area (Å²) in [5.74, 6) is 0. The molecule has 1 unspecified atom stereocenters. The fraction of sp³-hybridized carbons (Fsp3) is 0.444. The van der Waals surface area contributed by atoms with Crippen molar-refractivity contribution >= 4 is 11.2 Å². The van der Waals surface area contributed by atoms with E-state index in [1.54, 1.807) is 12.5 Å². The molecule has 1 atom stereocenters. The Hall–Kier alpha value is -1.49. The minimum Gasteiger partial charge on any atom is -0.358 e. The zero-order chi connectivity index (χ0) is 9.38. The van der Waals surface area contributed by atoms with Gasteiger partial charge in [0, 0.05) is 6.61 Å². The van der Waals surface area contributed by atoms with Gasteiger partial charge < -0.3 is 4.74 Å². The second-order valence-electron chi connectivity index (χ2n) is 3.35. The number of aromatic nitrogens is 4. The van der Waals surface area contributed by atoms with Gasteiger partial charge in [-0.2, -0.15) is 0 Å². The van der Waals surface area contributed by atoms with E-state index in [0.29, 0.717) is 0 Å². The summed E-state index contributed by atoms with van der Waals surface area (Å²) in [4.78, 5) is 12.3. The van der Waals surface area contributed by atoms with Crippen LogP contribution >= 0.6 is 0 Å². The van der Waals surface area contributed by atoms with E-state index in [4.69, 9.17) is 4.74 Å². The number of fused-ring (bicyclic) bond motifs is 1. The number of ether oxygens (including phenoxy) is 1. The van der Waals surface area contributed by atoms with Crippen LogP contribution in [0, 0.1) is 0 Å². The highest BCUT2D eigenvalue weighted by Crippen LogP contribution is 2.25. The molecule has 1 fully saturated rings. The number of imidazole rings is 1. The first-order valence-electron chi connectivity index (χ1n) is 4.69. The monoisotopic (exact) mass is 190 g/mol. The fourth-order valence-electron chi connectivity index (χ4n) is 1.78. The van der Waals surface area contributed by atoms with E-state index in [2.05, 4.69) is 15.0 Å². The number of hydrogen-bond donors (Lipinski definition) is 0. The summed E-state index contributed by atoms with van der Waals surface area (Å²) in [6, 6.07) is 0. The summed E-state index contributed by atoms with van der Waals surface area (Å²) in [6.45, 7) is 0.829. The second-order valence-corrected chi connectivity index (χ2v) is 3.35. The summed E-state index contributed by atoms with van der Waals surface area (Å²) in [7, 11) is 0. The Kier molecular flexibility index (Phi) is 1.70. The van der Waals surface area contributed by atoms with E-state index in [1.165, 1.54) is 6.33 Å². The van der Waals surface area contributed by atoms with Gasteiger partial charge in [0.2, 0.25) is 0 Å². The molecule has 3 heterocycles. The average molecular weight is 190 g/mol. The lowest BCUT2D eigenvalue weighted by Gasteiger charge is -2.10. The summed E-state index contributed by atoms with van der Waals surface area (Å²) < 4.78 is 7.54. The third-order valence-electron chi connectivity index (χ3n) is 2.45. The molecule has 0 aliphatic carbocycles. The Morgan fingerprint density at radius 1 is 1.43 bits per heavy atom. The van der Waals surface area contributed by atoms with Crippen molar-refractivity contribution in [3.8, 4) is 0 Å². The maximum Gasteiger partial charge on any atom is 0.165 e. The van der Waals surface area contributed by atoms with Crippen molar-refractivity contribution in [3.05, 3.63) is 18.9 Å². The van der Waals surface area contributed by atoms with E-state index >= 15 is 0 Å². The molecule has 0 amide bonds. The Labute approximate surface area is 80.8 Å². The van der Waals surface area contributed by atoms with Gasteiger partial charge in [0.25, 0.3) is 0 Å². The lowest BCUT2D eigenvalue weighted by molar-refractivity contribution is 0.0593. The highest BCUT2D eigenvalue weighted by molar-refractivity contribution is 5.68. The first-order chi connectivity index (χ1) is 6.95. The molecule has 2 aromatic rings. The Morgan fingerprint density at radius 3 is 3.29 bits per heavy atom. The van der Waals surface area contributed by atoms with E-state index in [-0.39, 0.29) is 6.23 Å². The first-order valence-corrected chi connectivity index (χ1v) is 4.69. The molecule has 1 aliphatic rings. The SMILES string of the molecule is c1ncc2ncn(C3CCCO3)c2n1.